The van der Waals surface area contributed by atoms with Gasteiger partial charge in [0.2, 0.25) is 11.8 Å². The van der Waals surface area contributed by atoms with E-state index in [2.05, 4.69) is 21.6 Å². The number of rotatable bonds is 5. The Balaban J connectivity index is 1.77. The van der Waals surface area contributed by atoms with Gasteiger partial charge in [0, 0.05) is 21.8 Å². The van der Waals surface area contributed by atoms with E-state index in [0.717, 1.165) is 22.4 Å². The molecule has 0 amide bonds. The minimum Gasteiger partial charge on any atom is -0.418 e. The Morgan fingerprint density at radius 1 is 0.931 bits per heavy atom. The highest BCUT2D eigenvalue weighted by atomic mass is 35.5. The monoisotopic (exact) mass is 407 g/mol. The number of hydrogen-bond acceptors (Lipinski definition) is 4. The van der Waals surface area contributed by atoms with Gasteiger partial charge in [-0.2, -0.15) is 0 Å². The fourth-order valence-corrected chi connectivity index (χ4v) is 3.56. The van der Waals surface area contributed by atoms with E-state index in [-0.39, 0.29) is 5.02 Å². The van der Waals surface area contributed by atoms with Gasteiger partial charge in [-0.15, -0.1) is 10.2 Å². The summed E-state index contributed by atoms with van der Waals surface area (Å²) in [6.07, 6.45) is 0. The van der Waals surface area contributed by atoms with Crippen LogP contribution in [-0.4, -0.2) is 10.2 Å². The number of benzene rings is 3. The van der Waals surface area contributed by atoms with Crippen LogP contribution in [0.2, 0.25) is 5.02 Å². The summed E-state index contributed by atoms with van der Waals surface area (Å²) >= 11 is 6.36. The van der Waals surface area contributed by atoms with E-state index < -0.39 is 11.9 Å². The number of nitrogens with zero attached hydrogens (tertiary/aromatic N) is 2. The number of aromatic nitrogens is 2. The van der Waals surface area contributed by atoms with Crippen LogP contribution in [0.5, 0.6) is 0 Å². The van der Waals surface area contributed by atoms with Gasteiger partial charge < -0.3 is 9.73 Å². The lowest BCUT2D eigenvalue weighted by atomic mass is 10.0. The summed E-state index contributed by atoms with van der Waals surface area (Å²) in [5.74, 6) is 0.349. The molecule has 4 nitrogen and oxygen atoms in total. The van der Waals surface area contributed by atoms with Crippen molar-refractivity contribution >= 4 is 17.3 Å². The largest absolute Gasteiger partial charge is 0.418 e. The molecule has 0 aliphatic carbocycles. The van der Waals surface area contributed by atoms with E-state index in [1.807, 2.05) is 56.3 Å². The molecule has 3 aromatic carbocycles. The number of anilines is 1. The van der Waals surface area contributed by atoms with E-state index in [4.69, 9.17) is 16.0 Å². The summed E-state index contributed by atoms with van der Waals surface area (Å²) in [6, 6.07) is 19.4. The molecule has 0 aliphatic rings. The summed E-state index contributed by atoms with van der Waals surface area (Å²) in [7, 11) is 0. The topological polar surface area (TPSA) is 51.0 Å². The van der Waals surface area contributed by atoms with Crippen LogP contribution in [0.15, 0.2) is 71.1 Å². The molecule has 4 rings (SSSR count). The smallest absolute Gasteiger partial charge is 0.247 e. The SMILES string of the molecule is Cc1cc(C)cc(NC(c2nnc(-c3ccccc3)o2)c2ccc(F)cc2Cl)c1. The van der Waals surface area contributed by atoms with Gasteiger partial charge >= 0.3 is 0 Å². The van der Waals surface area contributed by atoms with Crippen LogP contribution in [0.25, 0.3) is 11.5 Å². The maximum Gasteiger partial charge on any atom is 0.247 e. The van der Waals surface area contributed by atoms with Crippen LogP contribution in [0.1, 0.15) is 28.6 Å². The van der Waals surface area contributed by atoms with Crippen molar-refractivity contribution in [2.24, 2.45) is 0 Å². The molecule has 1 N–H and O–H groups in total. The van der Waals surface area contributed by atoms with Crippen molar-refractivity contribution in [3.63, 3.8) is 0 Å². The molecule has 0 radical (unpaired) electrons. The number of halogens is 2. The molecule has 146 valence electrons. The first-order valence-electron chi connectivity index (χ1n) is 9.18. The first-order valence-corrected chi connectivity index (χ1v) is 9.56. The van der Waals surface area contributed by atoms with Crippen molar-refractivity contribution in [1.29, 1.82) is 0 Å². The van der Waals surface area contributed by atoms with Gasteiger partial charge in [-0.3, -0.25) is 0 Å². The third kappa shape index (κ3) is 4.30. The fraction of sp³-hybridized carbons (Fsp3) is 0.130. The minimum absolute atomic E-state index is 0.284. The summed E-state index contributed by atoms with van der Waals surface area (Å²) in [5, 5.41) is 12.1. The zero-order chi connectivity index (χ0) is 20.4. The molecule has 1 heterocycles. The zero-order valence-electron chi connectivity index (χ0n) is 16.0. The van der Waals surface area contributed by atoms with Crippen molar-refractivity contribution in [2.45, 2.75) is 19.9 Å². The van der Waals surface area contributed by atoms with Gasteiger partial charge in [0.15, 0.2) is 0 Å². The predicted octanol–water partition coefficient (Wildman–Crippen LogP) is 6.35. The van der Waals surface area contributed by atoms with E-state index in [1.165, 1.54) is 12.1 Å². The van der Waals surface area contributed by atoms with Crippen molar-refractivity contribution in [1.82, 2.24) is 10.2 Å². The molecular weight excluding hydrogens is 389 g/mol. The standard InChI is InChI=1S/C23H19ClFN3O/c1-14-10-15(2)12-18(11-14)26-21(19-9-8-17(25)13-20(19)24)23-28-27-22(29-23)16-6-4-3-5-7-16/h3-13,21,26H,1-2H3. The zero-order valence-corrected chi connectivity index (χ0v) is 16.7. The summed E-state index contributed by atoms with van der Waals surface area (Å²) in [6.45, 7) is 4.05. The van der Waals surface area contributed by atoms with Gasteiger partial charge in [-0.05, 0) is 61.4 Å². The highest BCUT2D eigenvalue weighted by molar-refractivity contribution is 6.31. The van der Waals surface area contributed by atoms with E-state index in [9.17, 15) is 4.39 Å². The third-order valence-electron chi connectivity index (χ3n) is 4.51. The average molecular weight is 408 g/mol. The lowest BCUT2D eigenvalue weighted by Gasteiger charge is -2.19. The van der Waals surface area contributed by atoms with Crippen LogP contribution < -0.4 is 5.32 Å². The average Bonchev–Trinajstić information content (AvgIpc) is 3.16. The lowest BCUT2D eigenvalue weighted by Crippen LogP contribution is -2.14. The summed E-state index contributed by atoms with van der Waals surface area (Å²) in [5.41, 5.74) is 4.59. The molecule has 0 aliphatic heterocycles. The first kappa shape index (κ1) is 19.2. The van der Waals surface area contributed by atoms with Crippen LogP contribution in [-0.2, 0) is 0 Å². The van der Waals surface area contributed by atoms with Gasteiger partial charge in [0.1, 0.15) is 11.9 Å². The van der Waals surface area contributed by atoms with Gasteiger partial charge in [0.05, 0.1) is 0 Å². The Bertz CT molecular complexity index is 1120. The fourth-order valence-electron chi connectivity index (χ4n) is 3.28. The molecule has 1 aromatic heterocycles. The van der Waals surface area contributed by atoms with Gasteiger partial charge in [-0.25, -0.2) is 4.39 Å². The van der Waals surface area contributed by atoms with Crippen LogP contribution in [0, 0.1) is 19.7 Å². The van der Waals surface area contributed by atoms with Crippen molar-refractivity contribution in [2.75, 3.05) is 5.32 Å². The molecule has 4 aromatic rings. The Labute approximate surface area is 173 Å². The van der Waals surface area contributed by atoms with Gasteiger partial charge in [-0.1, -0.05) is 41.9 Å². The molecule has 0 spiro atoms. The second-order valence-electron chi connectivity index (χ2n) is 6.93. The van der Waals surface area contributed by atoms with Crippen molar-refractivity contribution in [3.8, 4) is 11.5 Å². The highest BCUT2D eigenvalue weighted by Crippen LogP contribution is 2.33. The second kappa shape index (κ2) is 8.05. The molecule has 0 saturated heterocycles. The number of nitrogens with one attached hydrogen (secondary N) is 1. The summed E-state index contributed by atoms with van der Waals surface area (Å²) in [4.78, 5) is 0. The second-order valence-corrected chi connectivity index (χ2v) is 7.34. The Morgan fingerprint density at radius 2 is 1.66 bits per heavy atom. The Kier molecular flexibility index (Phi) is 5.32. The molecular formula is C23H19ClFN3O. The third-order valence-corrected chi connectivity index (χ3v) is 4.84. The maximum absolute atomic E-state index is 13.6. The summed E-state index contributed by atoms with van der Waals surface area (Å²) < 4.78 is 19.6. The highest BCUT2D eigenvalue weighted by Gasteiger charge is 2.24. The quantitative estimate of drug-likeness (QED) is 0.419. The Morgan fingerprint density at radius 3 is 2.34 bits per heavy atom. The molecule has 29 heavy (non-hydrogen) atoms. The van der Waals surface area contributed by atoms with Crippen LogP contribution in [0.3, 0.4) is 0 Å². The Hall–Kier alpha value is -3.18. The predicted molar refractivity (Wildman–Crippen MR) is 113 cm³/mol. The van der Waals surface area contributed by atoms with Crippen molar-refractivity contribution in [3.05, 3.63) is 100 Å². The van der Waals surface area contributed by atoms with Crippen LogP contribution in [0.4, 0.5) is 10.1 Å². The first-order chi connectivity index (χ1) is 14.0. The normalized spacial score (nSPS) is 12.0. The lowest BCUT2D eigenvalue weighted by molar-refractivity contribution is 0.494. The number of hydrogen-bond donors (Lipinski definition) is 1. The van der Waals surface area contributed by atoms with E-state index in [0.29, 0.717) is 17.3 Å². The molecule has 6 heteroatoms. The van der Waals surface area contributed by atoms with E-state index >= 15 is 0 Å². The molecule has 0 saturated carbocycles. The molecule has 1 atom stereocenters. The van der Waals surface area contributed by atoms with Crippen LogP contribution >= 0.6 is 11.6 Å². The molecule has 0 fully saturated rings. The van der Waals surface area contributed by atoms with E-state index in [1.54, 1.807) is 6.07 Å². The van der Waals surface area contributed by atoms with Gasteiger partial charge in [0.25, 0.3) is 0 Å². The number of aryl methyl sites for hydroxylation is 2. The minimum atomic E-state index is -0.533. The molecule has 1 unspecified atom stereocenters. The molecule has 0 bridgehead atoms. The maximum atomic E-state index is 13.6. The van der Waals surface area contributed by atoms with Crippen molar-refractivity contribution < 1.29 is 8.81 Å².